The van der Waals surface area contributed by atoms with Crippen LogP contribution in [0.4, 0.5) is 26.3 Å². The van der Waals surface area contributed by atoms with Crippen molar-refractivity contribution in [2.45, 2.75) is 32.9 Å². The molecule has 0 saturated carbocycles. The maximum absolute atomic E-state index is 13.2. The Morgan fingerprint density at radius 2 is 1.53 bits per heavy atom. The van der Waals surface area contributed by atoms with Gasteiger partial charge in [-0.25, -0.2) is 23.0 Å². The number of alkyl halides is 6. The number of aliphatic carboxylic acids is 2. The van der Waals surface area contributed by atoms with E-state index in [2.05, 4.69) is 4.98 Å². The minimum atomic E-state index is -5.08. The first-order valence-corrected chi connectivity index (χ1v) is 14.7. The number of hydrogen-bond donors (Lipinski definition) is 4. The quantitative estimate of drug-likeness (QED) is 0.0924. The summed E-state index contributed by atoms with van der Waals surface area (Å²) in [5, 5.41) is 21.9. The summed E-state index contributed by atoms with van der Waals surface area (Å²) >= 11 is 2.54. The highest BCUT2D eigenvalue weighted by Crippen LogP contribution is 2.37. The monoisotopic (exact) mass is 670 g/mol. The van der Waals surface area contributed by atoms with Crippen LogP contribution in [0.25, 0.3) is 11.0 Å². The van der Waals surface area contributed by atoms with E-state index in [1.165, 1.54) is 29.2 Å². The van der Waals surface area contributed by atoms with Gasteiger partial charge in [0.1, 0.15) is 5.84 Å². The van der Waals surface area contributed by atoms with Crippen molar-refractivity contribution in [3.05, 3.63) is 71.4 Å². The molecular weight excluding hydrogens is 650 g/mol. The Labute approximate surface area is 247 Å². The standard InChI is InChI=1S/C20H18N4O2S3.2C2HF3O2/c1-27-20-18(10-17(28-20)19(21)22)29(25,26)14-7-8-16-15(9-14)23-12-24(16)11-13-5-3-2-4-6-13;2*3-2(4,5)1(6)7/h2-10,12H,11H2,1H3,(H3,21,22);2*(H,6,7). The molecule has 4 aromatic rings. The van der Waals surface area contributed by atoms with Crippen molar-refractivity contribution in [1.29, 1.82) is 5.41 Å². The second kappa shape index (κ2) is 13.9. The predicted molar refractivity (Wildman–Crippen MR) is 145 cm³/mol. The molecule has 0 aliphatic rings. The number of hydrogen-bond acceptors (Lipinski definition) is 8. The molecule has 0 saturated heterocycles. The summed E-state index contributed by atoms with van der Waals surface area (Å²) in [6, 6.07) is 16.5. The molecule has 2 heterocycles. The molecule has 0 radical (unpaired) electrons. The summed E-state index contributed by atoms with van der Waals surface area (Å²) in [5.74, 6) is -5.65. The molecule has 2 aromatic carbocycles. The second-order valence-electron chi connectivity index (χ2n) is 8.00. The molecular formula is C24H20F6N4O6S3. The topological polar surface area (TPSA) is 176 Å². The first-order chi connectivity index (χ1) is 19.8. The molecule has 43 heavy (non-hydrogen) atoms. The van der Waals surface area contributed by atoms with Crippen molar-refractivity contribution in [3.8, 4) is 0 Å². The van der Waals surface area contributed by atoms with Crippen LogP contribution in [0, 0.1) is 5.41 Å². The number of nitrogens with zero attached hydrogens (tertiary/aromatic N) is 2. The molecule has 0 aliphatic carbocycles. The number of nitrogen functional groups attached to an aromatic ring is 1. The number of halogens is 6. The number of thiophene rings is 1. The number of sulfone groups is 1. The van der Waals surface area contributed by atoms with Crippen LogP contribution in [0.5, 0.6) is 0 Å². The molecule has 0 fully saturated rings. The number of imidazole rings is 1. The molecule has 5 N–H and O–H groups in total. The van der Waals surface area contributed by atoms with Crippen LogP contribution in [0.1, 0.15) is 10.4 Å². The van der Waals surface area contributed by atoms with E-state index in [1.807, 2.05) is 41.2 Å². The summed E-state index contributed by atoms with van der Waals surface area (Å²) in [6.07, 6.45) is -6.64. The number of carboxylic acid groups (broad SMARTS) is 2. The minimum absolute atomic E-state index is 0.137. The van der Waals surface area contributed by atoms with E-state index in [0.29, 0.717) is 21.1 Å². The summed E-state index contributed by atoms with van der Waals surface area (Å²) in [7, 11) is -3.75. The van der Waals surface area contributed by atoms with Crippen molar-refractivity contribution < 1.29 is 54.6 Å². The van der Waals surface area contributed by atoms with Crippen molar-refractivity contribution in [3.63, 3.8) is 0 Å². The maximum atomic E-state index is 13.2. The van der Waals surface area contributed by atoms with E-state index in [0.717, 1.165) is 11.1 Å². The molecule has 19 heteroatoms. The minimum Gasteiger partial charge on any atom is -0.475 e. The smallest absolute Gasteiger partial charge is 0.475 e. The van der Waals surface area contributed by atoms with Crippen molar-refractivity contribution in [2.24, 2.45) is 5.73 Å². The zero-order valence-electron chi connectivity index (χ0n) is 21.5. The van der Waals surface area contributed by atoms with Crippen molar-refractivity contribution >= 4 is 61.7 Å². The molecule has 0 bridgehead atoms. The van der Waals surface area contributed by atoms with Gasteiger partial charge < -0.3 is 20.5 Å². The van der Waals surface area contributed by atoms with Gasteiger partial charge in [0, 0.05) is 6.54 Å². The van der Waals surface area contributed by atoms with Gasteiger partial charge in [0.05, 0.1) is 36.2 Å². The fourth-order valence-electron chi connectivity index (χ4n) is 3.06. The first kappa shape index (κ1) is 35.1. The highest BCUT2D eigenvalue weighted by molar-refractivity contribution is 8.01. The van der Waals surface area contributed by atoms with E-state index in [-0.39, 0.29) is 15.6 Å². The number of nitrogens with one attached hydrogen (secondary N) is 1. The van der Waals surface area contributed by atoms with Crippen molar-refractivity contribution in [1.82, 2.24) is 9.55 Å². The van der Waals surface area contributed by atoms with E-state index < -0.39 is 34.1 Å². The summed E-state index contributed by atoms with van der Waals surface area (Å²) in [4.78, 5) is 23.0. The lowest BCUT2D eigenvalue weighted by Gasteiger charge is -2.07. The van der Waals surface area contributed by atoms with Gasteiger partial charge in [0.2, 0.25) is 9.84 Å². The average Bonchev–Trinajstić information content (AvgIpc) is 3.54. The SMILES string of the molecule is CSc1sc(C(=N)N)cc1S(=O)(=O)c1ccc2c(c1)ncn2Cc1ccccc1.O=C(O)C(F)(F)F.O=C(O)C(F)(F)F. The molecule has 0 aliphatic heterocycles. The highest BCUT2D eigenvalue weighted by atomic mass is 32.2. The number of carboxylic acids is 2. The van der Waals surface area contributed by atoms with E-state index in [4.69, 9.17) is 30.9 Å². The van der Waals surface area contributed by atoms with Gasteiger partial charge in [-0.15, -0.1) is 23.1 Å². The van der Waals surface area contributed by atoms with Crippen LogP contribution < -0.4 is 5.73 Å². The molecule has 10 nitrogen and oxygen atoms in total. The molecule has 2 aromatic heterocycles. The Bertz CT molecular complexity index is 1690. The van der Waals surface area contributed by atoms with Gasteiger partial charge in [-0.1, -0.05) is 30.3 Å². The summed E-state index contributed by atoms with van der Waals surface area (Å²) < 4.78 is 92.6. The number of amidine groups is 1. The normalized spacial score (nSPS) is 11.6. The molecule has 232 valence electrons. The third-order valence-corrected chi connectivity index (χ3v) is 9.33. The number of thioether (sulfide) groups is 1. The highest BCUT2D eigenvalue weighted by Gasteiger charge is 2.38. The van der Waals surface area contributed by atoms with Crippen LogP contribution in [-0.2, 0) is 26.0 Å². The third-order valence-electron chi connectivity index (χ3n) is 4.99. The van der Waals surface area contributed by atoms with Gasteiger partial charge in [0.15, 0.2) is 0 Å². The van der Waals surface area contributed by atoms with Gasteiger partial charge in [-0.3, -0.25) is 5.41 Å². The lowest BCUT2D eigenvalue weighted by molar-refractivity contribution is -0.193. The predicted octanol–water partition coefficient (Wildman–Crippen LogP) is 5.25. The Kier molecular flexibility index (Phi) is 11.4. The second-order valence-corrected chi connectivity index (χ2v) is 12.0. The van der Waals surface area contributed by atoms with Gasteiger partial charge >= 0.3 is 24.3 Å². The van der Waals surface area contributed by atoms with E-state index >= 15 is 0 Å². The molecule has 0 spiro atoms. The number of rotatable bonds is 6. The largest absolute Gasteiger partial charge is 0.490 e. The summed E-state index contributed by atoms with van der Waals surface area (Å²) in [6.45, 7) is 0.659. The molecule has 0 unspecified atom stereocenters. The number of benzene rings is 2. The fourth-order valence-corrected chi connectivity index (χ4v) is 6.94. The van der Waals surface area contributed by atoms with Gasteiger partial charge in [-0.05, 0) is 36.1 Å². The Balaban J connectivity index is 0.000000384. The molecule has 4 rings (SSSR count). The molecule has 0 atom stereocenters. The molecule has 0 amide bonds. The van der Waals surface area contributed by atoms with Crippen LogP contribution in [0.2, 0.25) is 0 Å². The Hall–Kier alpha value is -4.10. The number of aromatic nitrogens is 2. The zero-order chi connectivity index (χ0) is 32.8. The van der Waals surface area contributed by atoms with Gasteiger partial charge in [0.25, 0.3) is 0 Å². The number of carbonyl (C=O) groups is 2. The number of nitrogens with two attached hydrogens (primary N) is 1. The van der Waals surface area contributed by atoms with Crippen LogP contribution in [0.15, 0.2) is 74.9 Å². The number of fused-ring (bicyclic) bond motifs is 1. The van der Waals surface area contributed by atoms with Crippen LogP contribution >= 0.6 is 23.1 Å². The summed E-state index contributed by atoms with van der Waals surface area (Å²) in [5.41, 5.74) is 8.18. The van der Waals surface area contributed by atoms with Crippen molar-refractivity contribution in [2.75, 3.05) is 6.26 Å². The van der Waals surface area contributed by atoms with E-state index in [9.17, 15) is 34.8 Å². The van der Waals surface area contributed by atoms with E-state index in [1.54, 1.807) is 24.5 Å². The first-order valence-electron chi connectivity index (χ1n) is 11.1. The van der Waals surface area contributed by atoms with Gasteiger partial charge in [-0.2, -0.15) is 26.3 Å². The average molecular weight is 671 g/mol. The lowest BCUT2D eigenvalue weighted by atomic mass is 10.2. The third kappa shape index (κ3) is 9.45. The lowest BCUT2D eigenvalue weighted by Crippen LogP contribution is -2.21. The Morgan fingerprint density at radius 1 is 1.00 bits per heavy atom. The zero-order valence-corrected chi connectivity index (χ0v) is 23.9. The fraction of sp³-hybridized carbons (Fsp3) is 0.167. The maximum Gasteiger partial charge on any atom is 0.490 e. The Morgan fingerprint density at radius 3 is 2.00 bits per heavy atom. The van der Waals surface area contributed by atoms with Crippen LogP contribution in [0.3, 0.4) is 0 Å². The van der Waals surface area contributed by atoms with Crippen LogP contribution in [-0.4, -0.2) is 64.6 Å².